The first-order chi connectivity index (χ1) is 16.5. The minimum Gasteiger partial charge on any atom is -0.392 e. The van der Waals surface area contributed by atoms with Gasteiger partial charge in [-0.15, -0.1) is 0 Å². The van der Waals surface area contributed by atoms with Crippen LogP contribution in [0.25, 0.3) is 21.8 Å². The number of aliphatic hydroxyl groups is 1. The summed E-state index contributed by atoms with van der Waals surface area (Å²) >= 11 is 0. The molecule has 34 heavy (non-hydrogen) atoms. The number of amides is 1. The van der Waals surface area contributed by atoms with Crippen LogP contribution in [0.3, 0.4) is 0 Å². The van der Waals surface area contributed by atoms with Crippen molar-refractivity contribution < 1.29 is 9.90 Å². The summed E-state index contributed by atoms with van der Waals surface area (Å²) in [7, 11) is 3.58. The van der Waals surface area contributed by atoms with Crippen LogP contribution >= 0.6 is 0 Å². The smallest absolute Gasteiger partial charge is 0.328 e. The fraction of sp³-hybridized carbons (Fsp3) is 0.345. The number of nitrogens with zero attached hydrogens (tertiary/aromatic N) is 3. The maximum absolute atomic E-state index is 12.9. The van der Waals surface area contributed by atoms with Crippen LogP contribution in [0.5, 0.6) is 0 Å². The molecule has 0 radical (unpaired) electrons. The van der Waals surface area contributed by atoms with E-state index in [2.05, 4.69) is 53.4 Å². The Morgan fingerprint density at radius 1 is 0.971 bits per heavy atom. The van der Waals surface area contributed by atoms with Crippen molar-refractivity contribution in [2.45, 2.75) is 37.3 Å². The zero-order valence-corrected chi connectivity index (χ0v) is 19.9. The summed E-state index contributed by atoms with van der Waals surface area (Å²) in [5, 5.41) is 13.2. The zero-order chi connectivity index (χ0) is 23.4. The van der Waals surface area contributed by atoms with Crippen LogP contribution < -0.4 is 0 Å². The highest BCUT2D eigenvalue weighted by atomic mass is 16.3. The van der Waals surface area contributed by atoms with Gasteiger partial charge in [-0.1, -0.05) is 48.5 Å². The number of benzene rings is 3. The molecule has 1 spiro atoms. The molecule has 3 aromatic carbocycles. The summed E-state index contributed by atoms with van der Waals surface area (Å²) in [6.45, 7) is 2.83. The van der Waals surface area contributed by atoms with Gasteiger partial charge in [-0.25, -0.2) is 4.79 Å². The lowest BCUT2D eigenvalue weighted by molar-refractivity contribution is 0.0414. The molecule has 5 heteroatoms. The van der Waals surface area contributed by atoms with Gasteiger partial charge in [0.1, 0.15) is 0 Å². The standard InChI is InChI=1S/C29H31N3O2/c1-30(2)28(34)32-25-10-6-4-8-22(25)23-17-20(11-12-26(23)32)19-31-15-13-29(14-16-31)24-9-5-3-7-21(24)18-27(29)33/h3-12,17,27,33H,13-16,18-19H2,1-2H3. The maximum atomic E-state index is 12.9. The lowest BCUT2D eigenvalue weighted by Gasteiger charge is -2.42. The van der Waals surface area contributed by atoms with Crippen molar-refractivity contribution in [3.8, 4) is 0 Å². The highest BCUT2D eigenvalue weighted by Crippen LogP contribution is 2.46. The number of para-hydroxylation sites is 1. The minimum atomic E-state index is -0.274. The molecule has 6 rings (SSSR count). The number of fused-ring (bicyclic) bond motifs is 5. The molecule has 1 aromatic heterocycles. The predicted octanol–water partition coefficient (Wildman–Crippen LogP) is 4.78. The van der Waals surface area contributed by atoms with E-state index < -0.39 is 0 Å². The van der Waals surface area contributed by atoms with E-state index in [1.54, 1.807) is 19.0 Å². The van der Waals surface area contributed by atoms with E-state index in [-0.39, 0.29) is 17.6 Å². The fourth-order valence-corrected chi connectivity index (χ4v) is 6.26. The average molecular weight is 454 g/mol. The third-order valence-corrected chi connectivity index (χ3v) is 8.07. The highest BCUT2D eigenvalue weighted by Gasteiger charge is 2.47. The van der Waals surface area contributed by atoms with Gasteiger partial charge in [0.2, 0.25) is 0 Å². The number of aliphatic hydroxyl groups excluding tert-OH is 1. The number of hydrogen-bond donors (Lipinski definition) is 1. The van der Waals surface area contributed by atoms with Gasteiger partial charge < -0.3 is 10.0 Å². The van der Waals surface area contributed by atoms with E-state index in [1.807, 2.05) is 22.8 Å². The maximum Gasteiger partial charge on any atom is 0.328 e. The molecule has 1 unspecified atom stereocenters. The second-order valence-corrected chi connectivity index (χ2v) is 10.2. The Bertz CT molecular complexity index is 1400. The van der Waals surface area contributed by atoms with E-state index in [0.717, 1.165) is 60.7 Å². The van der Waals surface area contributed by atoms with Crippen LogP contribution in [0.1, 0.15) is 29.5 Å². The zero-order valence-electron chi connectivity index (χ0n) is 19.9. The van der Waals surface area contributed by atoms with Crippen LogP contribution in [-0.2, 0) is 18.4 Å². The summed E-state index contributed by atoms with van der Waals surface area (Å²) in [5.41, 5.74) is 5.75. The van der Waals surface area contributed by atoms with Gasteiger partial charge in [-0.2, -0.15) is 0 Å². The number of aromatic nitrogens is 1. The normalized spacial score (nSPS) is 19.7. The molecule has 0 saturated carbocycles. The first-order valence-corrected chi connectivity index (χ1v) is 12.2. The number of likely N-dealkylation sites (tertiary alicyclic amines) is 1. The van der Waals surface area contributed by atoms with Crippen molar-refractivity contribution in [1.82, 2.24) is 14.4 Å². The summed E-state index contributed by atoms with van der Waals surface area (Å²) < 4.78 is 1.82. The summed E-state index contributed by atoms with van der Waals surface area (Å²) in [6.07, 6.45) is 2.49. The molecule has 1 amide bonds. The van der Waals surface area contributed by atoms with E-state index in [4.69, 9.17) is 0 Å². The summed E-state index contributed by atoms with van der Waals surface area (Å²) in [4.78, 5) is 17.1. The third kappa shape index (κ3) is 3.18. The van der Waals surface area contributed by atoms with Gasteiger partial charge in [0.25, 0.3) is 0 Å². The molecule has 2 aliphatic rings. The average Bonchev–Trinajstić information content (AvgIpc) is 3.32. The van der Waals surface area contributed by atoms with Crippen molar-refractivity contribution in [3.05, 3.63) is 83.4 Å². The first-order valence-electron chi connectivity index (χ1n) is 12.2. The van der Waals surface area contributed by atoms with Crippen molar-refractivity contribution >= 4 is 27.8 Å². The molecular weight excluding hydrogens is 422 g/mol. The summed E-state index contributed by atoms with van der Waals surface area (Å²) in [6, 6.07) is 23.2. The van der Waals surface area contributed by atoms with E-state index in [0.29, 0.717) is 0 Å². The van der Waals surface area contributed by atoms with Gasteiger partial charge in [0.05, 0.1) is 17.1 Å². The van der Waals surface area contributed by atoms with Crippen LogP contribution in [0.4, 0.5) is 4.79 Å². The van der Waals surface area contributed by atoms with Gasteiger partial charge >= 0.3 is 6.03 Å². The molecule has 0 bridgehead atoms. The number of carbonyl (C=O) groups is 1. The van der Waals surface area contributed by atoms with Gasteiger partial charge in [-0.05, 0) is 67.2 Å². The Morgan fingerprint density at radius 3 is 2.47 bits per heavy atom. The largest absolute Gasteiger partial charge is 0.392 e. The molecule has 1 fully saturated rings. The predicted molar refractivity (Wildman–Crippen MR) is 136 cm³/mol. The lowest BCUT2D eigenvalue weighted by Crippen LogP contribution is -2.47. The lowest BCUT2D eigenvalue weighted by atomic mass is 9.72. The van der Waals surface area contributed by atoms with Gasteiger partial charge in [0.15, 0.2) is 0 Å². The summed E-state index contributed by atoms with van der Waals surface area (Å²) in [5.74, 6) is 0. The van der Waals surface area contributed by atoms with E-state index >= 15 is 0 Å². The Hall–Kier alpha value is -3.15. The van der Waals surface area contributed by atoms with E-state index in [9.17, 15) is 9.90 Å². The third-order valence-electron chi connectivity index (χ3n) is 8.07. The van der Waals surface area contributed by atoms with E-state index in [1.165, 1.54) is 16.7 Å². The van der Waals surface area contributed by atoms with Crippen LogP contribution in [0.15, 0.2) is 66.7 Å². The molecule has 1 aliphatic carbocycles. The quantitative estimate of drug-likeness (QED) is 0.475. The van der Waals surface area contributed by atoms with Gasteiger partial charge in [-0.3, -0.25) is 9.47 Å². The Morgan fingerprint density at radius 2 is 1.68 bits per heavy atom. The first kappa shape index (κ1) is 21.4. The minimum absolute atomic E-state index is 0.0318. The molecule has 1 aliphatic heterocycles. The number of hydrogen-bond acceptors (Lipinski definition) is 3. The number of carbonyl (C=O) groups excluding carboxylic acids is 1. The Kier molecular flexibility index (Phi) is 5.01. The molecule has 174 valence electrons. The number of piperidine rings is 1. The molecule has 5 nitrogen and oxygen atoms in total. The monoisotopic (exact) mass is 453 g/mol. The van der Waals surface area contributed by atoms with Crippen molar-refractivity contribution in [2.75, 3.05) is 27.2 Å². The molecule has 2 heterocycles. The van der Waals surface area contributed by atoms with Crippen LogP contribution in [0.2, 0.25) is 0 Å². The SMILES string of the molecule is CN(C)C(=O)n1c2ccccc2c2cc(CN3CCC4(CC3)c3ccccc3CC4O)ccc21. The second kappa shape index (κ2) is 7.97. The number of rotatable bonds is 2. The molecular formula is C29H31N3O2. The molecule has 4 aromatic rings. The topological polar surface area (TPSA) is 48.7 Å². The highest BCUT2D eigenvalue weighted by molar-refractivity contribution is 6.13. The second-order valence-electron chi connectivity index (χ2n) is 10.2. The Balaban J connectivity index is 1.27. The fourth-order valence-electron chi connectivity index (χ4n) is 6.26. The van der Waals surface area contributed by atoms with Crippen molar-refractivity contribution in [2.24, 2.45) is 0 Å². The molecule has 1 saturated heterocycles. The molecule has 1 atom stereocenters. The van der Waals surface area contributed by atoms with Crippen LogP contribution in [0, 0.1) is 0 Å². The Labute approximate surface area is 200 Å². The molecule has 1 N–H and O–H groups in total. The van der Waals surface area contributed by atoms with Crippen LogP contribution in [-0.4, -0.2) is 58.8 Å². The van der Waals surface area contributed by atoms with Crippen molar-refractivity contribution in [3.63, 3.8) is 0 Å². The van der Waals surface area contributed by atoms with Crippen molar-refractivity contribution in [1.29, 1.82) is 0 Å². The van der Waals surface area contributed by atoms with Gasteiger partial charge in [0, 0.05) is 36.8 Å².